The van der Waals surface area contributed by atoms with Gasteiger partial charge in [0.2, 0.25) is 11.8 Å². The summed E-state index contributed by atoms with van der Waals surface area (Å²) in [4.78, 5) is 25.0. The Morgan fingerprint density at radius 1 is 1.35 bits per heavy atom. The fourth-order valence-corrected chi connectivity index (χ4v) is 2.47. The van der Waals surface area contributed by atoms with Crippen molar-refractivity contribution in [3.05, 3.63) is 29.8 Å². The van der Waals surface area contributed by atoms with Crippen molar-refractivity contribution < 1.29 is 23.1 Å². The molecule has 1 N–H and O–H groups in total. The van der Waals surface area contributed by atoms with Crippen LogP contribution in [0.25, 0.3) is 0 Å². The maximum Gasteiger partial charge on any atom is 0.226 e. The molecule has 126 valence electrons. The molecular weight excluding hydrogens is 306 g/mol. The average Bonchev–Trinajstić information content (AvgIpc) is 3.00. The lowest BCUT2D eigenvalue weighted by molar-refractivity contribution is -0.130. The van der Waals surface area contributed by atoms with E-state index >= 15 is 0 Å². The molecule has 0 saturated carbocycles. The summed E-state index contributed by atoms with van der Waals surface area (Å²) in [5, 5.41) is 2.21. The fourth-order valence-electron chi connectivity index (χ4n) is 2.47. The molecule has 1 aromatic rings. The van der Waals surface area contributed by atoms with Gasteiger partial charge in [-0.15, -0.1) is 0 Å². The third-order valence-electron chi connectivity index (χ3n) is 3.73. The number of ether oxygens (including phenoxy) is 1. The Bertz CT molecular complexity index is 554. The number of hydrogen-bond donors (Lipinski definition) is 1. The average molecular weight is 326 g/mol. The summed E-state index contributed by atoms with van der Waals surface area (Å²) in [5.41, 5.74) is -0.467. The van der Waals surface area contributed by atoms with Gasteiger partial charge in [-0.05, 0) is 25.0 Å². The zero-order valence-corrected chi connectivity index (χ0v) is 13.0. The van der Waals surface area contributed by atoms with Gasteiger partial charge in [-0.2, -0.15) is 0 Å². The highest BCUT2D eigenvalue weighted by atomic mass is 19.1. The summed E-state index contributed by atoms with van der Waals surface area (Å²) in [6, 6.07) is 3.36. The van der Waals surface area contributed by atoms with Gasteiger partial charge in [0.15, 0.2) is 0 Å². The highest BCUT2D eigenvalue weighted by molar-refractivity contribution is 5.91. The van der Waals surface area contributed by atoms with E-state index in [-0.39, 0.29) is 25.0 Å². The number of hydrogen-bond acceptors (Lipinski definition) is 3. The summed E-state index contributed by atoms with van der Waals surface area (Å²) >= 11 is 0. The lowest BCUT2D eigenvalue weighted by atomic mass is 10.2. The molecule has 1 unspecified atom stereocenters. The summed E-state index contributed by atoms with van der Waals surface area (Å²) in [6.07, 6.45) is 1.80. The van der Waals surface area contributed by atoms with Gasteiger partial charge in [0.1, 0.15) is 17.3 Å². The highest BCUT2D eigenvalue weighted by Gasteiger charge is 2.21. The number of anilines is 1. The number of carbonyl (C=O) groups is 2. The number of carbonyl (C=O) groups excluding carboxylic acids is 2. The molecule has 1 aliphatic heterocycles. The van der Waals surface area contributed by atoms with E-state index in [9.17, 15) is 18.4 Å². The van der Waals surface area contributed by atoms with Crippen LogP contribution < -0.4 is 5.32 Å². The first-order chi connectivity index (χ1) is 11.0. The van der Waals surface area contributed by atoms with E-state index in [4.69, 9.17) is 4.74 Å². The third kappa shape index (κ3) is 4.99. The molecule has 1 atom stereocenters. The Kier molecular flexibility index (Phi) is 6.04. The van der Waals surface area contributed by atoms with Crippen molar-refractivity contribution in [3.63, 3.8) is 0 Å². The number of amides is 2. The molecule has 0 aromatic heterocycles. The summed E-state index contributed by atoms with van der Waals surface area (Å²) < 4.78 is 32.4. The zero-order chi connectivity index (χ0) is 16.8. The van der Waals surface area contributed by atoms with Crippen molar-refractivity contribution in [2.45, 2.75) is 32.3 Å². The van der Waals surface area contributed by atoms with E-state index in [1.807, 2.05) is 0 Å². The molecule has 1 aliphatic rings. The van der Waals surface area contributed by atoms with Crippen LogP contribution in [0.5, 0.6) is 0 Å². The van der Waals surface area contributed by atoms with Crippen LogP contribution in [0.3, 0.4) is 0 Å². The van der Waals surface area contributed by atoms with Crippen LogP contribution in [0.1, 0.15) is 26.2 Å². The molecule has 1 fully saturated rings. The first-order valence-corrected chi connectivity index (χ1v) is 7.58. The number of nitrogens with one attached hydrogen (secondary N) is 1. The predicted molar refractivity (Wildman–Crippen MR) is 80.8 cm³/mol. The van der Waals surface area contributed by atoms with E-state index in [0.29, 0.717) is 13.2 Å². The number of halogens is 2. The number of nitrogens with zero attached hydrogens (tertiary/aromatic N) is 1. The third-order valence-corrected chi connectivity index (χ3v) is 3.73. The summed E-state index contributed by atoms with van der Waals surface area (Å²) in [7, 11) is 0. The van der Waals surface area contributed by atoms with Crippen LogP contribution in [0.15, 0.2) is 18.2 Å². The van der Waals surface area contributed by atoms with Crippen molar-refractivity contribution >= 4 is 17.5 Å². The van der Waals surface area contributed by atoms with Gasteiger partial charge >= 0.3 is 0 Å². The maximum atomic E-state index is 13.5. The molecule has 0 aliphatic carbocycles. The molecule has 0 bridgehead atoms. The number of benzene rings is 1. The van der Waals surface area contributed by atoms with E-state index in [2.05, 4.69) is 5.32 Å². The first kappa shape index (κ1) is 17.3. The molecule has 2 amide bonds. The Labute approximate surface area is 133 Å². The molecule has 1 aromatic carbocycles. The highest BCUT2D eigenvalue weighted by Crippen LogP contribution is 2.18. The Morgan fingerprint density at radius 2 is 2.04 bits per heavy atom. The van der Waals surface area contributed by atoms with Gasteiger partial charge in [0.05, 0.1) is 6.10 Å². The lowest BCUT2D eigenvalue weighted by Crippen LogP contribution is -2.37. The molecule has 1 saturated heterocycles. The van der Waals surface area contributed by atoms with Crippen LogP contribution in [-0.4, -0.2) is 42.5 Å². The Hall–Kier alpha value is -2.02. The topological polar surface area (TPSA) is 58.6 Å². The minimum absolute atomic E-state index is 0.00836. The van der Waals surface area contributed by atoms with Crippen LogP contribution in [0.2, 0.25) is 0 Å². The minimum atomic E-state index is -0.832. The van der Waals surface area contributed by atoms with Crippen LogP contribution in [-0.2, 0) is 14.3 Å². The zero-order valence-electron chi connectivity index (χ0n) is 13.0. The van der Waals surface area contributed by atoms with E-state index in [0.717, 1.165) is 25.0 Å². The van der Waals surface area contributed by atoms with Crippen LogP contribution in [0.4, 0.5) is 14.5 Å². The molecule has 5 nitrogen and oxygen atoms in total. The molecule has 0 spiro atoms. The van der Waals surface area contributed by atoms with Crippen molar-refractivity contribution in [1.29, 1.82) is 0 Å². The van der Waals surface area contributed by atoms with Crippen molar-refractivity contribution in [2.24, 2.45) is 0 Å². The summed E-state index contributed by atoms with van der Waals surface area (Å²) in [6.45, 7) is 2.71. The minimum Gasteiger partial charge on any atom is -0.376 e. The van der Waals surface area contributed by atoms with Gasteiger partial charge in [-0.3, -0.25) is 9.59 Å². The molecule has 23 heavy (non-hydrogen) atoms. The monoisotopic (exact) mass is 326 g/mol. The van der Waals surface area contributed by atoms with Crippen molar-refractivity contribution in [2.75, 3.05) is 25.0 Å². The smallest absolute Gasteiger partial charge is 0.226 e. The predicted octanol–water partition coefficient (Wildman–Crippen LogP) is 2.32. The van der Waals surface area contributed by atoms with Gasteiger partial charge in [0.25, 0.3) is 0 Å². The Balaban J connectivity index is 1.87. The van der Waals surface area contributed by atoms with Gasteiger partial charge < -0.3 is 15.0 Å². The van der Waals surface area contributed by atoms with Crippen molar-refractivity contribution in [3.8, 4) is 0 Å². The van der Waals surface area contributed by atoms with Gasteiger partial charge in [0, 0.05) is 33.0 Å². The maximum absolute atomic E-state index is 13.5. The molecule has 0 radical (unpaired) electrons. The second kappa shape index (κ2) is 8.01. The standard InChI is InChI=1S/C16H20F2N2O3/c1-11(21)20(10-12-4-3-9-23-12)8-7-15(22)19-16-13(17)5-2-6-14(16)18/h2,5-6,12H,3-4,7-10H2,1H3,(H,19,22). The van der Waals surface area contributed by atoms with Crippen molar-refractivity contribution in [1.82, 2.24) is 4.90 Å². The van der Waals surface area contributed by atoms with E-state index < -0.39 is 23.2 Å². The van der Waals surface area contributed by atoms with Gasteiger partial charge in [-0.25, -0.2) is 8.78 Å². The quantitative estimate of drug-likeness (QED) is 0.873. The normalized spacial score (nSPS) is 17.1. The largest absolute Gasteiger partial charge is 0.376 e. The first-order valence-electron chi connectivity index (χ1n) is 7.58. The fraction of sp³-hybridized carbons (Fsp3) is 0.500. The Morgan fingerprint density at radius 3 is 2.61 bits per heavy atom. The number of rotatable bonds is 6. The van der Waals surface area contributed by atoms with Gasteiger partial charge in [-0.1, -0.05) is 6.07 Å². The lowest BCUT2D eigenvalue weighted by Gasteiger charge is -2.24. The summed E-state index contributed by atoms with van der Waals surface area (Å²) in [5.74, 6) is -2.37. The molecule has 7 heteroatoms. The molecule has 2 rings (SSSR count). The van der Waals surface area contributed by atoms with E-state index in [1.165, 1.54) is 17.9 Å². The van der Waals surface area contributed by atoms with Crippen LogP contribution in [0, 0.1) is 11.6 Å². The number of para-hydroxylation sites is 1. The molecule has 1 heterocycles. The second-order valence-corrected chi connectivity index (χ2v) is 5.49. The SMILES string of the molecule is CC(=O)N(CCC(=O)Nc1c(F)cccc1F)CC1CCCO1. The van der Waals surface area contributed by atoms with E-state index in [1.54, 1.807) is 0 Å². The molecular formula is C16H20F2N2O3. The second-order valence-electron chi connectivity index (χ2n) is 5.49. The van der Waals surface area contributed by atoms with Crippen LogP contribution >= 0.6 is 0 Å².